The van der Waals surface area contributed by atoms with Gasteiger partial charge in [0.05, 0.1) is 0 Å². The zero-order valence-electron chi connectivity index (χ0n) is 17.1. The Morgan fingerprint density at radius 3 is 2.80 bits per heavy atom. The van der Waals surface area contributed by atoms with Gasteiger partial charge >= 0.3 is 12.0 Å². The van der Waals surface area contributed by atoms with Gasteiger partial charge in [0.1, 0.15) is 10.4 Å². The van der Waals surface area contributed by atoms with E-state index in [1.165, 1.54) is 21.8 Å². The number of urea groups is 1. The number of rotatable bonds is 5. The monoisotopic (exact) mass is 433 g/mol. The van der Waals surface area contributed by atoms with Gasteiger partial charge in [0, 0.05) is 4.88 Å². The largest absolute Gasteiger partial charge is 0.451 e. The minimum absolute atomic E-state index is 0.441. The van der Waals surface area contributed by atoms with Crippen molar-refractivity contribution < 1.29 is 23.9 Å². The lowest BCUT2D eigenvalue weighted by atomic mass is 9.82. The zero-order valence-corrected chi connectivity index (χ0v) is 17.9. The molecule has 8 nitrogen and oxygen atoms in total. The van der Waals surface area contributed by atoms with Gasteiger partial charge in [-0.15, -0.1) is 11.3 Å². The molecule has 9 heteroatoms. The van der Waals surface area contributed by atoms with Crippen molar-refractivity contribution in [2.24, 2.45) is 5.92 Å². The molecule has 4 rings (SSSR count). The number of carbonyl (C=O) groups is 4. The fraction of sp³-hybridized carbons (Fsp3) is 0.619. The number of fused-ring (bicyclic) bond motifs is 1. The van der Waals surface area contributed by atoms with E-state index in [-0.39, 0.29) is 0 Å². The van der Waals surface area contributed by atoms with Crippen LogP contribution in [0.1, 0.15) is 72.0 Å². The van der Waals surface area contributed by atoms with Crippen LogP contribution in [0.5, 0.6) is 0 Å². The number of nitrogens with one attached hydrogen (secondary N) is 2. The van der Waals surface area contributed by atoms with Gasteiger partial charge in [-0.3, -0.25) is 15.0 Å². The van der Waals surface area contributed by atoms with Gasteiger partial charge in [-0.25, -0.2) is 9.59 Å². The molecule has 1 aliphatic heterocycles. The summed E-state index contributed by atoms with van der Waals surface area (Å²) in [6.07, 6.45) is 8.09. The number of hydrazine groups is 1. The average Bonchev–Trinajstić information content (AvgIpc) is 3.27. The first-order valence-electron chi connectivity index (χ1n) is 10.7. The van der Waals surface area contributed by atoms with E-state index in [0.717, 1.165) is 50.0 Å². The molecule has 1 spiro atoms. The summed E-state index contributed by atoms with van der Waals surface area (Å²) in [5.41, 5.74) is 2.57. The maximum absolute atomic E-state index is 12.7. The highest BCUT2D eigenvalue weighted by Crippen LogP contribution is 2.34. The second-order valence-electron chi connectivity index (χ2n) is 8.40. The van der Waals surface area contributed by atoms with Crippen molar-refractivity contribution in [3.8, 4) is 0 Å². The second-order valence-corrected chi connectivity index (χ2v) is 9.54. The number of hydrogen-bond acceptors (Lipinski definition) is 6. The lowest BCUT2D eigenvalue weighted by Gasteiger charge is -2.30. The quantitative estimate of drug-likeness (QED) is 0.549. The zero-order chi connectivity index (χ0) is 21.3. The van der Waals surface area contributed by atoms with Crippen LogP contribution in [0.15, 0.2) is 6.07 Å². The molecule has 0 bridgehead atoms. The van der Waals surface area contributed by atoms with Crippen LogP contribution in [-0.2, 0) is 27.2 Å². The number of carbonyl (C=O) groups excluding carboxylic acids is 4. The number of thiophene rings is 1. The lowest BCUT2D eigenvalue weighted by Crippen LogP contribution is -2.51. The van der Waals surface area contributed by atoms with Gasteiger partial charge in [-0.1, -0.05) is 32.6 Å². The number of aryl methyl sites for hydroxylation is 1. The van der Waals surface area contributed by atoms with Crippen LogP contribution >= 0.6 is 11.3 Å². The van der Waals surface area contributed by atoms with E-state index in [2.05, 4.69) is 17.7 Å². The van der Waals surface area contributed by atoms with Gasteiger partial charge < -0.3 is 10.1 Å². The van der Waals surface area contributed by atoms with Crippen molar-refractivity contribution >= 4 is 35.2 Å². The summed E-state index contributed by atoms with van der Waals surface area (Å²) < 4.78 is 5.13. The summed E-state index contributed by atoms with van der Waals surface area (Å²) in [4.78, 5) is 51.2. The molecule has 2 aliphatic carbocycles. The Labute approximate surface area is 179 Å². The summed E-state index contributed by atoms with van der Waals surface area (Å²) in [5.74, 6) is -1.06. The van der Waals surface area contributed by atoms with Crippen LogP contribution in [0.2, 0.25) is 0 Å². The van der Waals surface area contributed by atoms with Gasteiger partial charge in [-0.05, 0) is 49.7 Å². The Bertz CT molecular complexity index is 874. The maximum atomic E-state index is 12.7. The SMILES string of the molecule is CCC1CCc2sc(C(=O)OCC(=O)NN3C(=O)NC4(CCCCC4)C3=O)cc2C1. The molecule has 3 aliphatic rings. The standard InChI is InChI=1S/C21H27N3O5S/c1-2-13-6-7-15-14(10-13)11-16(30-15)18(26)29-12-17(25)23-24-19(27)21(22-20(24)28)8-4-3-5-9-21/h11,13H,2-10,12H2,1H3,(H,22,28)(H,23,25). The van der Waals surface area contributed by atoms with E-state index in [4.69, 9.17) is 4.74 Å². The van der Waals surface area contributed by atoms with Crippen molar-refractivity contribution in [2.75, 3.05) is 6.61 Å². The molecule has 4 amide bonds. The van der Waals surface area contributed by atoms with Crippen molar-refractivity contribution in [3.63, 3.8) is 0 Å². The van der Waals surface area contributed by atoms with Crippen LogP contribution in [0.25, 0.3) is 0 Å². The molecular weight excluding hydrogens is 406 g/mol. The molecule has 1 aromatic heterocycles. The number of nitrogens with zero attached hydrogens (tertiary/aromatic N) is 1. The van der Waals surface area contributed by atoms with Crippen molar-refractivity contribution in [1.82, 2.24) is 15.8 Å². The number of ether oxygens (including phenoxy) is 1. The molecule has 2 N–H and O–H groups in total. The summed E-state index contributed by atoms with van der Waals surface area (Å²) in [5, 5.41) is 3.44. The van der Waals surface area contributed by atoms with E-state index in [1.54, 1.807) is 0 Å². The summed E-state index contributed by atoms with van der Waals surface area (Å²) in [6.45, 7) is 1.63. The summed E-state index contributed by atoms with van der Waals surface area (Å²) >= 11 is 1.42. The first-order chi connectivity index (χ1) is 14.4. The summed E-state index contributed by atoms with van der Waals surface area (Å²) in [7, 11) is 0. The van der Waals surface area contributed by atoms with Gasteiger partial charge in [0.25, 0.3) is 11.8 Å². The van der Waals surface area contributed by atoms with Crippen LogP contribution in [0.3, 0.4) is 0 Å². The molecule has 1 aromatic rings. The van der Waals surface area contributed by atoms with E-state index in [9.17, 15) is 19.2 Å². The third kappa shape index (κ3) is 3.95. The number of amides is 4. The normalized spacial score (nSPS) is 22.6. The molecule has 1 unspecified atom stereocenters. The topological polar surface area (TPSA) is 105 Å². The maximum Gasteiger partial charge on any atom is 0.348 e. The second kappa shape index (κ2) is 8.37. The molecule has 1 saturated carbocycles. The number of esters is 1. The highest BCUT2D eigenvalue weighted by molar-refractivity contribution is 7.14. The van der Waals surface area contributed by atoms with Crippen molar-refractivity contribution in [3.05, 3.63) is 21.4 Å². The van der Waals surface area contributed by atoms with Crippen LogP contribution in [0.4, 0.5) is 4.79 Å². The van der Waals surface area contributed by atoms with Crippen molar-refractivity contribution in [1.29, 1.82) is 0 Å². The smallest absolute Gasteiger partial charge is 0.348 e. The van der Waals surface area contributed by atoms with Gasteiger partial charge in [0.15, 0.2) is 6.61 Å². The lowest BCUT2D eigenvalue weighted by molar-refractivity contribution is -0.140. The third-order valence-electron chi connectivity index (χ3n) is 6.40. The fourth-order valence-corrected chi connectivity index (χ4v) is 5.73. The Morgan fingerprint density at radius 2 is 2.07 bits per heavy atom. The predicted molar refractivity (Wildman–Crippen MR) is 110 cm³/mol. The van der Waals surface area contributed by atoms with Gasteiger partial charge in [-0.2, -0.15) is 5.01 Å². The predicted octanol–water partition coefficient (Wildman–Crippen LogP) is 2.71. The number of imide groups is 1. The molecular formula is C21H27N3O5S. The first-order valence-corrected chi connectivity index (χ1v) is 11.5. The Hall–Kier alpha value is -2.42. The first kappa shape index (κ1) is 20.8. The Morgan fingerprint density at radius 1 is 1.30 bits per heavy atom. The molecule has 1 atom stereocenters. The molecule has 0 aromatic carbocycles. The molecule has 2 fully saturated rings. The minimum atomic E-state index is -0.911. The minimum Gasteiger partial charge on any atom is -0.451 e. The highest BCUT2D eigenvalue weighted by Gasteiger charge is 2.52. The van der Waals surface area contributed by atoms with Crippen LogP contribution in [0, 0.1) is 5.92 Å². The third-order valence-corrected chi connectivity index (χ3v) is 7.62. The highest BCUT2D eigenvalue weighted by atomic mass is 32.1. The van der Waals surface area contributed by atoms with E-state index in [0.29, 0.717) is 23.6 Å². The molecule has 1 saturated heterocycles. The molecule has 2 heterocycles. The Balaban J connectivity index is 1.31. The number of hydrogen-bond donors (Lipinski definition) is 2. The van der Waals surface area contributed by atoms with Gasteiger partial charge in [0.2, 0.25) is 0 Å². The van der Waals surface area contributed by atoms with E-state index < -0.39 is 36.0 Å². The van der Waals surface area contributed by atoms with E-state index in [1.807, 2.05) is 6.07 Å². The molecule has 162 valence electrons. The fourth-order valence-electron chi connectivity index (χ4n) is 4.62. The summed E-state index contributed by atoms with van der Waals surface area (Å²) in [6, 6.07) is 1.23. The van der Waals surface area contributed by atoms with Crippen LogP contribution in [-0.4, -0.2) is 41.0 Å². The van der Waals surface area contributed by atoms with Crippen LogP contribution < -0.4 is 10.7 Å². The van der Waals surface area contributed by atoms with Crippen molar-refractivity contribution in [2.45, 2.75) is 70.3 Å². The van der Waals surface area contributed by atoms with E-state index >= 15 is 0 Å². The molecule has 0 radical (unpaired) electrons. The average molecular weight is 434 g/mol. The molecule has 30 heavy (non-hydrogen) atoms. The Kier molecular flexibility index (Phi) is 5.81.